The van der Waals surface area contributed by atoms with Gasteiger partial charge in [-0.1, -0.05) is 80.5 Å². The van der Waals surface area contributed by atoms with Crippen molar-refractivity contribution in [2.75, 3.05) is 4.90 Å². The van der Waals surface area contributed by atoms with E-state index in [0.29, 0.717) is 11.1 Å². The maximum Gasteiger partial charge on any atom is 0.264 e. The lowest BCUT2D eigenvalue weighted by atomic mass is 9.86. The molecule has 3 aromatic carbocycles. The number of anilines is 1. The first-order valence-electron chi connectivity index (χ1n) is 10.1. The molecule has 0 N–H and O–H groups in total. The zero-order chi connectivity index (χ0) is 25.3. The third kappa shape index (κ3) is 3.59. The summed E-state index contributed by atoms with van der Waals surface area (Å²) in [5.41, 5.74) is 0.900. The van der Waals surface area contributed by atoms with Gasteiger partial charge in [0.1, 0.15) is 11.9 Å². The number of aryl methyl sites for hydroxylation is 1. The second kappa shape index (κ2) is 8.75. The van der Waals surface area contributed by atoms with E-state index < -0.39 is 35.6 Å². The van der Waals surface area contributed by atoms with E-state index in [9.17, 15) is 18.8 Å². The third-order valence-corrected chi connectivity index (χ3v) is 8.40. The summed E-state index contributed by atoms with van der Waals surface area (Å²) in [7, 11) is 0. The molecule has 5 nitrogen and oxygen atoms in total. The van der Waals surface area contributed by atoms with Crippen LogP contribution in [0.1, 0.15) is 37.9 Å². The van der Waals surface area contributed by atoms with E-state index in [4.69, 9.17) is 46.4 Å². The quantitative estimate of drug-likeness (QED) is 0.135. The maximum atomic E-state index is 14.4. The maximum absolute atomic E-state index is 14.4. The lowest BCUT2D eigenvalue weighted by Crippen LogP contribution is -2.67. The second-order valence-electron chi connectivity index (χ2n) is 8.07. The number of β-lactam (4-membered cyclic amide) rings is 1. The average Bonchev–Trinajstić information content (AvgIpc) is 3.07. The first-order chi connectivity index (χ1) is 16.5. The lowest BCUT2D eigenvalue weighted by Gasteiger charge is -2.49. The number of benzene rings is 3. The van der Waals surface area contributed by atoms with Gasteiger partial charge in [0.05, 0.1) is 37.3 Å². The number of imide groups is 1. The van der Waals surface area contributed by atoms with Crippen LogP contribution in [0.5, 0.6) is 0 Å². The van der Waals surface area contributed by atoms with E-state index in [2.05, 4.69) is 15.9 Å². The number of rotatable bonds is 3. The van der Waals surface area contributed by atoms with E-state index in [1.807, 2.05) is 0 Å². The molecule has 3 amide bonds. The molecule has 0 aliphatic carbocycles. The SMILES string of the molecule is Cc1ccc(N2C(=O)[C@@H](N3C(=O)c4c(Cl)c(Cl)c(Cl)c(Cl)c4C3=O)[C@@H]2c2cccc(Br)c2)cc1F. The minimum Gasteiger partial charge on any atom is -0.300 e. The number of amides is 3. The molecule has 1 saturated heterocycles. The molecule has 0 aromatic heterocycles. The molecule has 2 aliphatic heterocycles. The van der Waals surface area contributed by atoms with Gasteiger partial charge in [-0.15, -0.1) is 0 Å². The molecule has 2 aliphatic rings. The minimum atomic E-state index is -1.23. The van der Waals surface area contributed by atoms with Crippen molar-refractivity contribution in [3.05, 3.63) is 95.1 Å². The highest BCUT2D eigenvalue weighted by Gasteiger charge is 2.58. The van der Waals surface area contributed by atoms with Crippen molar-refractivity contribution in [2.45, 2.75) is 19.0 Å². The Morgan fingerprint density at radius 1 is 0.800 bits per heavy atom. The van der Waals surface area contributed by atoms with Gasteiger partial charge in [-0.05, 0) is 42.3 Å². The summed E-state index contributed by atoms with van der Waals surface area (Å²) in [4.78, 5) is 42.5. The van der Waals surface area contributed by atoms with Crippen molar-refractivity contribution < 1.29 is 18.8 Å². The normalized spacial score (nSPS) is 19.3. The van der Waals surface area contributed by atoms with Gasteiger partial charge in [0.15, 0.2) is 0 Å². The lowest BCUT2D eigenvalue weighted by molar-refractivity contribution is -0.130. The number of nitrogens with zero attached hydrogens (tertiary/aromatic N) is 2. The molecule has 178 valence electrons. The number of carbonyl (C=O) groups is 3. The van der Waals surface area contributed by atoms with Crippen molar-refractivity contribution in [3.8, 4) is 0 Å². The van der Waals surface area contributed by atoms with Gasteiger partial charge in [0.25, 0.3) is 17.7 Å². The summed E-state index contributed by atoms with van der Waals surface area (Å²) in [6.45, 7) is 1.61. The van der Waals surface area contributed by atoms with Crippen LogP contribution in [0, 0.1) is 12.7 Å². The zero-order valence-corrected chi connectivity index (χ0v) is 22.2. The van der Waals surface area contributed by atoms with Gasteiger partial charge in [-0.2, -0.15) is 0 Å². The van der Waals surface area contributed by atoms with Crippen molar-refractivity contribution in [1.29, 1.82) is 0 Å². The standard InChI is InChI=1S/C24H12BrCl4FN2O3/c1-9-5-6-12(8-13(9)30)31-20(10-3-2-4-11(25)7-10)21(24(31)35)32-22(33)14-15(23(32)34)17(27)19(29)18(28)16(14)26/h2-8,20-21H,1H3/t20-,21-/m0/s1. The Labute approximate surface area is 227 Å². The van der Waals surface area contributed by atoms with E-state index in [1.165, 1.54) is 11.0 Å². The zero-order valence-electron chi connectivity index (χ0n) is 17.6. The molecule has 35 heavy (non-hydrogen) atoms. The van der Waals surface area contributed by atoms with Crippen LogP contribution in [-0.4, -0.2) is 28.7 Å². The largest absolute Gasteiger partial charge is 0.300 e. The van der Waals surface area contributed by atoms with Crippen molar-refractivity contribution in [2.24, 2.45) is 0 Å². The summed E-state index contributed by atoms with van der Waals surface area (Å²) in [6, 6.07) is 9.42. The smallest absolute Gasteiger partial charge is 0.264 e. The van der Waals surface area contributed by atoms with Crippen LogP contribution >= 0.6 is 62.3 Å². The summed E-state index contributed by atoms with van der Waals surface area (Å²) < 4.78 is 15.1. The van der Waals surface area contributed by atoms with Crippen LogP contribution in [0.2, 0.25) is 20.1 Å². The van der Waals surface area contributed by atoms with Crippen molar-refractivity contribution >= 4 is 85.7 Å². The molecule has 2 atom stereocenters. The van der Waals surface area contributed by atoms with Crippen LogP contribution in [0.4, 0.5) is 10.1 Å². The Morgan fingerprint density at radius 2 is 1.40 bits per heavy atom. The Kier molecular flexibility index (Phi) is 6.13. The topological polar surface area (TPSA) is 57.7 Å². The van der Waals surface area contributed by atoms with Crippen molar-refractivity contribution in [1.82, 2.24) is 4.90 Å². The highest BCUT2D eigenvalue weighted by molar-refractivity contribution is 9.10. The molecule has 0 radical (unpaired) electrons. The van der Waals surface area contributed by atoms with Gasteiger partial charge in [0.2, 0.25) is 0 Å². The van der Waals surface area contributed by atoms with Crippen LogP contribution in [0.25, 0.3) is 0 Å². The Balaban J connectivity index is 1.65. The Hall–Kier alpha value is -2.16. The fourth-order valence-corrected chi connectivity index (χ4v) is 5.82. The third-order valence-electron chi connectivity index (χ3n) is 6.10. The van der Waals surface area contributed by atoms with Crippen LogP contribution < -0.4 is 4.90 Å². The summed E-state index contributed by atoms with van der Waals surface area (Å²) >= 11 is 28.1. The molecule has 0 bridgehead atoms. The fourth-order valence-electron chi connectivity index (χ4n) is 4.39. The molecular formula is C24H12BrCl4FN2O3. The molecule has 0 spiro atoms. The Bertz CT molecular complexity index is 1430. The molecule has 2 heterocycles. The van der Waals surface area contributed by atoms with Crippen LogP contribution in [-0.2, 0) is 4.79 Å². The average molecular weight is 617 g/mol. The van der Waals surface area contributed by atoms with Gasteiger partial charge in [-0.3, -0.25) is 19.3 Å². The highest BCUT2D eigenvalue weighted by Crippen LogP contribution is 2.49. The highest BCUT2D eigenvalue weighted by atomic mass is 79.9. The van der Waals surface area contributed by atoms with Crippen LogP contribution in [0.15, 0.2) is 46.9 Å². The van der Waals surface area contributed by atoms with E-state index in [1.54, 1.807) is 43.3 Å². The molecule has 0 unspecified atom stereocenters. The fraction of sp³-hybridized carbons (Fsp3) is 0.125. The summed E-state index contributed by atoms with van der Waals surface area (Å²) in [5, 5.41) is -0.777. The first-order valence-corrected chi connectivity index (χ1v) is 12.4. The molecule has 1 fully saturated rings. The first kappa shape index (κ1) is 24.5. The predicted molar refractivity (Wildman–Crippen MR) is 136 cm³/mol. The number of hydrogen-bond acceptors (Lipinski definition) is 3. The van der Waals surface area contributed by atoms with Gasteiger partial charge >= 0.3 is 0 Å². The number of hydrogen-bond donors (Lipinski definition) is 0. The van der Waals surface area contributed by atoms with E-state index in [-0.39, 0.29) is 36.9 Å². The Morgan fingerprint density at radius 3 is 1.94 bits per heavy atom. The second-order valence-corrected chi connectivity index (χ2v) is 10.5. The molecular weight excluding hydrogens is 605 g/mol. The number of carbonyl (C=O) groups excluding carboxylic acids is 3. The predicted octanol–water partition coefficient (Wildman–Crippen LogP) is 7.26. The molecule has 5 rings (SSSR count). The van der Waals surface area contributed by atoms with Gasteiger partial charge < -0.3 is 4.90 Å². The number of fused-ring (bicyclic) bond motifs is 1. The van der Waals surface area contributed by atoms with Crippen LogP contribution in [0.3, 0.4) is 0 Å². The molecule has 11 heteroatoms. The van der Waals surface area contributed by atoms with E-state index in [0.717, 1.165) is 9.37 Å². The minimum absolute atomic E-state index is 0.166. The molecule has 3 aromatic rings. The van der Waals surface area contributed by atoms with E-state index >= 15 is 0 Å². The summed E-state index contributed by atoms with van der Waals surface area (Å²) in [5.74, 6) is -2.69. The van der Waals surface area contributed by atoms with Gasteiger partial charge in [-0.25, -0.2) is 4.39 Å². The van der Waals surface area contributed by atoms with Gasteiger partial charge in [0, 0.05) is 10.2 Å². The monoisotopic (exact) mass is 614 g/mol. The summed E-state index contributed by atoms with van der Waals surface area (Å²) in [6.07, 6.45) is 0. The van der Waals surface area contributed by atoms with Crippen molar-refractivity contribution in [3.63, 3.8) is 0 Å². The number of halogens is 6. The molecule has 0 saturated carbocycles.